The third kappa shape index (κ3) is 7.37. The lowest BCUT2D eigenvalue weighted by atomic mass is 9.88. The van der Waals surface area contributed by atoms with Crippen molar-refractivity contribution in [2.45, 2.75) is 0 Å². The van der Waals surface area contributed by atoms with Crippen LogP contribution < -0.4 is 4.90 Å². The Morgan fingerprint density at radius 1 is 0.190 bits per heavy atom. The van der Waals surface area contributed by atoms with Crippen LogP contribution in [0.1, 0.15) is 0 Å². The molecule has 1 heteroatoms. The molecule has 296 valence electrons. The number of fused-ring (bicyclic) bond motifs is 2. The van der Waals surface area contributed by atoms with Crippen molar-refractivity contribution >= 4 is 38.6 Å². The molecule has 0 fully saturated rings. The summed E-state index contributed by atoms with van der Waals surface area (Å²) in [5.74, 6) is 0. The summed E-state index contributed by atoms with van der Waals surface area (Å²) in [6.07, 6.45) is 0. The highest BCUT2D eigenvalue weighted by Gasteiger charge is 2.19. The quantitative estimate of drug-likeness (QED) is 0.141. The minimum Gasteiger partial charge on any atom is -0.310 e. The maximum absolute atomic E-state index is 2.40. The molecular weight excluding hydrogens is 759 g/mol. The van der Waals surface area contributed by atoms with Gasteiger partial charge in [0.1, 0.15) is 0 Å². The highest BCUT2D eigenvalue weighted by molar-refractivity contribution is 5.99. The second kappa shape index (κ2) is 16.7. The van der Waals surface area contributed by atoms with Crippen molar-refractivity contribution in [3.8, 4) is 66.8 Å². The van der Waals surface area contributed by atoms with Crippen LogP contribution in [0.15, 0.2) is 261 Å². The zero-order valence-corrected chi connectivity index (χ0v) is 34.8. The second-order valence-corrected chi connectivity index (χ2v) is 16.1. The Labute approximate surface area is 369 Å². The van der Waals surface area contributed by atoms with Gasteiger partial charge in [0.25, 0.3) is 0 Å². The van der Waals surface area contributed by atoms with Crippen molar-refractivity contribution in [2.75, 3.05) is 4.90 Å². The minimum atomic E-state index is 1.08. The third-order valence-electron chi connectivity index (χ3n) is 12.3. The van der Waals surface area contributed by atoms with E-state index in [1.165, 1.54) is 82.7 Å². The van der Waals surface area contributed by atoms with Gasteiger partial charge in [-0.1, -0.05) is 224 Å². The van der Waals surface area contributed by atoms with Crippen molar-refractivity contribution in [1.82, 2.24) is 0 Å². The summed E-state index contributed by atoms with van der Waals surface area (Å²) >= 11 is 0. The standard InChI is InChI=1S/C62H43N/c1-3-15-44(16-4-1)45-29-31-51(32-30-45)62-43-54(41-42-61(62)60-26-12-11-25-59(60)46-17-5-2-6-18-46)63(52-37-33-49(34-38-52)57-27-13-21-47-19-7-9-23-55(47)57)53-39-35-50(36-40-53)58-28-14-22-48-20-8-10-24-56(48)58/h1-43H. The fourth-order valence-electron chi connectivity index (χ4n) is 9.19. The van der Waals surface area contributed by atoms with E-state index >= 15 is 0 Å². The average Bonchev–Trinajstić information content (AvgIpc) is 3.37. The van der Waals surface area contributed by atoms with Crippen molar-refractivity contribution in [1.29, 1.82) is 0 Å². The number of hydrogen-bond acceptors (Lipinski definition) is 1. The van der Waals surface area contributed by atoms with Crippen LogP contribution in [-0.2, 0) is 0 Å². The molecule has 0 N–H and O–H groups in total. The Morgan fingerprint density at radius 2 is 0.540 bits per heavy atom. The molecule has 0 radical (unpaired) electrons. The SMILES string of the molecule is c1ccc(-c2ccc(-c3cc(N(c4ccc(-c5cccc6ccccc56)cc4)c4ccc(-c5cccc6ccccc56)cc4)ccc3-c3ccccc3-c3ccccc3)cc2)cc1. The molecule has 0 saturated heterocycles. The van der Waals surface area contributed by atoms with Crippen LogP contribution >= 0.6 is 0 Å². The van der Waals surface area contributed by atoms with Crippen LogP contribution in [0.25, 0.3) is 88.3 Å². The van der Waals surface area contributed by atoms with E-state index in [9.17, 15) is 0 Å². The molecule has 0 aromatic heterocycles. The average molecular weight is 802 g/mol. The maximum atomic E-state index is 2.40. The van der Waals surface area contributed by atoms with Gasteiger partial charge in [0.2, 0.25) is 0 Å². The van der Waals surface area contributed by atoms with Crippen LogP contribution in [0.2, 0.25) is 0 Å². The summed E-state index contributed by atoms with van der Waals surface area (Å²) in [7, 11) is 0. The van der Waals surface area contributed by atoms with Gasteiger partial charge in [-0.05, 0) is 125 Å². The Hall–Kier alpha value is -8.26. The van der Waals surface area contributed by atoms with E-state index in [-0.39, 0.29) is 0 Å². The molecule has 0 aliphatic carbocycles. The highest BCUT2D eigenvalue weighted by Crippen LogP contribution is 2.44. The van der Waals surface area contributed by atoms with Crippen LogP contribution in [0.3, 0.4) is 0 Å². The van der Waals surface area contributed by atoms with Gasteiger partial charge in [-0.2, -0.15) is 0 Å². The zero-order valence-electron chi connectivity index (χ0n) is 34.8. The van der Waals surface area contributed by atoms with Gasteiger partial charge in [0.15, 0.2) is 0 Å². The summed E-state index contributed by atoms with van der Waals surface area (Å²) in [6, 6.07) is 94.7. The van der Waals surface area contributed by atoms with Crippen LogP contribution in [0.5, 0.6) is 0 Å². The van der Waals surface area contributed by atoms with Gasteiger partial charge < -0.3 is 4.90 Å². The van der Waals surface area contributed by atoms with Gasteiger partial charge >= 0.3 is 0 Å². The van der Waals surface area contributed by atoms with Gasteiger partial charge in [-0.15, -0.1) is 0 Å². The van der Waals surface area contributed by atoms with Crippen molar-refractivity contribution in [3.63, 3.8) is 0 Å². The molecular formula is C62H43N. The molecule has 0 amide bonds. The Kier molecular flexibility index (Phi) is 9.97. The van der Waals surface area contributed by atoms with E-state index in [4.69, 9.17) is 0 Å². The maximum Gasteiger partial charge on any atom is 0.0468 e. The summed E-state index contributed by atoms with van der Waals surface area (Å²) in [6.45, 7) is 0. The fourth-order valence-corrected chi connectivity index (χ4v) is 9.19. The highest BCUT2D eigenvalue weighted by atomic mass is 15.1. The first-order valence-electron chi connectivity index (χ1n) is 21.7. The Morgan fingerprint density at radius 3 is 1.11 bits per heavy atom. The van der Waals surface area contributed by atoms with E-state index in [1.807, 2.05) is 0 Å². The predicted molar refractivity (Wildman–Crippen MR) is 269 cm³/mol. The normalized spacial score (nSPS) is 11.2. The van der Waals surface area contributed by atoms with E-state index in [1.54, 1.807) is 0 Å². The van der Waals surface area contributed by atoms with Crippen LogP contribution in [0.4, 0.5) is 17.1 Å². The second-order valence-electron chi connectivity index (χ2n) is 16.1. The van der Waals surface area contributed by atoms with Crippen molar-refractivity contribution in [3.05, 3.63) is 261 Å². The van der Waals surface area contributed by atoms with E-state index in [2.05, 4.69) is 266 Å². The smallest absolute Gasteiger partial charge is 0.0468 e. The lowest BCUT2D eigenvalue weighted by Crippen LogP contribution is -2.10. The molecule has 0 aliphatic heterocycles. The molecule has 0 unspecified atom stereocenters. The number of benzene rings is 11. The number of nitrogens with zero attached hydrogens (tertiary/aromatic N) is 1. The number of anilines is 3. The summed E-state index contributed by atoms with van der Waals surface area (Å²) in [5.41, 5.74) is 17.6. The topological polar surface area (TPSA) is 3.24 Å². The third-order valence-corrected chi connectivity index (χ3v) is 12.3. The summed E-state index contributed by atoms with van der Waals surface area (Å²) < 4.78 is 0. The first-order valence-corrected chi connectivity index (χ1v) is 21.7. The van der Waals surface area contributed by atoms with E-state index in [0.717, 1.165) is 22.6 Å². The van der Waals surface area contributed by atoms with Gasteiger partial charge in [-0.3, -0.25) is 0 Å². The molecule has 0 bridgehead atoms. The molecule has 11 rings (SSSR count). The molecule has 0 saturated carbocycles. The van der Waals surface area contributed by atoms with Gasteiger partial charge in [0, 0.05) is 17.1 Å². The fraction of sp³-hybridized carbons (Fsp3) is 0. The first kappa shape index (κ1) is 37.7. The Balaban J connectivity index is 1.08. The molecule has 0 atom stereocenters. The number of hydrogen-bond donors (Lipinski definition) is 0. The van der Waals surface area contributed by atoms with Gasteiger partial charge in [-0.25, -0.2) is 0 Å². The van der Waals surface area contributed by atoms with Crippen molar-refractivity contribution < 1.29 is 0 Å². The van der Waals surface area contributed by atoms with Crippen molar-refractivity contribution in [2.24, 2.45) is 0 Å². The Bertz CT molecular complexity index is 3220. The first-order chi connectivity index (χ1) is 31.2. The largest absolute Gasteiger partial charge is 0.310 e. The molecule has 11 aromatic carbocycles. The summed E-state index contributed by atoms with van der Waals surface area (Å²) in [4.78, 5) is 2.40. The number of rotatable bonds is 9. The zero-order chi connectivity index (χ0) is 42.0. The molecule has 0 aliphatic rings. The minimum absolute atomic E-state index is 1.08. The van der Waals surface area contributed by atoms with E-state index in [0.29, 0.717) is 0 Å². The van der Waals surface area contributed by atoms with E-state index < -0.39 is 0 Å². The molecule has 0 spiro atoms. The molecule has 11 aromatic rings. The molecule has 1 nitrogen and oxygen atoms in total. The van der Waals surface area contributed by atoms with Crippen LogP contribution in [0, 0.1) is 0 Å². The summed E-state index contributed by atoms with van der Waals surface area (Å²) in [5, 5.41) is 4.99. The lowest BCUT2D eigenvalue weighted by Gasteiger charge is -2.27. The monoisotopic (exact) mass is 801 g/mol. The van der Waals surface area contributed by atoms with Gasteiger partial charge in [0.05, 0.1) is 0 Å². The van der Waals surface area contributed by atoms with Crippen LogP contribution in [-0.4, -0.2) is 0 Å². The lowest BCUT2D eigenvalue weighted by molar-refractivity contribution is 1.28. The molecule has 0 heterocycles. The molecule has 63 heavy (non-hydrogen) atoms. The predicted octanol–water partition coefficient (Wildman–Crippen LogP) is 17.5.